The van der Waals surface area contributed by atoms with Gasteiger partial charge in [-0.3, -0.25) is 19.5 Å². The molecule has 2 aliphatic heterocycles. The summed E-state index contributed by atoms with van der Waals surface area (Å²) in [4.78, 5) is 37.5. The molecule has 0 radical (unpaired) electrons. The molecule has 0 N–H and O–H groups in total. The number of piperidine rings is 1. The van der Waals surface area contributed by atoms with Gasteiger partial charge in [-0.2, -0.15) is 0 Å². The molecule has 3 heterocycles. The number of amides is 2. The van der Waals surface area contributed by atoms with Gasteiger partial charge >= 0.3 is 0 Å². The smallest absolute Gasteiger partial charge is 0.254 e. The van der Waals surface area contributed by atoms with Gasteiger partial charge in [-0.05, 0) is 49.9 Å². The van der Waals surface area contributed by atoms with Crippen LogP contribution in [0.2, 0.25) is 0 Å². The van der Waals surface area contributed by atoms with Crippen LogP contribution in [0.4, 0.5) is 0 Å². The lowest BCUT2D eigenvalue weighted by Crippen LogP contribution is -2.66. The number of pyridine rings is 1. The lowest BCUT2D eigenvalue weighted by atomic mass is 9.66. The van der Waals surface area contributed by atoms with Crippen LogP contribution in [-0.2, 0) is 11.3 Å². The summed E-state index contributed by atoms with van der Waals surface area (Å²) in [6.45, 7) is 6.64. The van der Waals surface area contributed by atoms with Crippen molar-refractivity contribution in [2.75, 3.05) is 27.2 Å². The molecule has 0 aliphatic carbocycles. The SMILES string of the molecule is CC(C)N1C(=O)c2ccccc2C(C(=O)N(C)C)C12CCN(Cc1cccnc1)CC2. The summed E-state index contributed by atoms with van der Waals surface area (Å²) < 4.78 is 0. The first-order chi connectivity index (χ1) is 14.8. The van der Waals surface area contributed by atoms with Crippen molar-refractivity contribution >= 4 is 11.8 Å². The minimum absolute atomic E-state index is 0.0168. The third kappa shape index (κ3) is 3.74. The fraction of sp³-hybridized carbons (Fsp3) is 0.480. The molecule has 4 rings (SSSR count). The lowest BCUT2D eigenvalue weighted by Gasteiger charge is -2.57. The quantitative estimate of drug-likeness (QED) is 0.763. The molecule has 6 nitrogen and oxygen atoms in total. The van der Waals surface area contributed by atoms with Gasteiger partial charge in [0.15, 0.2) is 0 Å². The summed E-state index contributed by atoms with van der Waals surface area (Å²) in [7, 11) is 3.62. The maximum atomic E-state index is 13.6. The number of carbonyl (C=O) groups is 2. The molecule has 1 aromatic heterocycles. The number of likely N-dealkylation sites (N-methyl/N-ethyl adjacent to an activating group) is 1. The van der Waals surface area contributed by atoms with Crippen molar-refractivity contribution in [3.8, 4) is 0 Å². The van der Waals surface area contributed by atoms with Crippen molar-refractivity contribution in [3.05, 3.63) is 65.5 Å². The molecule has 0 bridgehead atoms. The first-order valence-electron chi connectivity index (χ1n) is 11.1. The summed E-state index contributed by atoms with van der Waals surface area (Å²) in [5.41, 5.74) is 2.22. The van der Waals surface area contributed by atoms with E-state index >= 15 is 0 Å². The van der Waals surface area contributed by atoms with Crippen LogP contribution < -0.4 is 0 Å². The monoisotopic (exact) mass is 420 g/mol. The van der Waals surface area contributed by atoms with Crippen LogP contribution in [0.5, 0.6) is 0 Å². The summed E-state index contributed by atoms with van der Waals surface area (Å²) in [6, 6.07) is 11.7. The molecule has 2 aliphatic rings. The Morgan fingerprint density at radius 2 is 1.87 bits per heavy atom. The second kappa shape index (κ2) is 8.42. The van der Waals surface area contributed by atoms with E-state index in [0.717, 1.165) is 38.0 Å². The van der Waals surface area contributed by atoms with Gasteiger partial charge < -0.3 is 9.80 Å². The Kier molecular flexibility index (Phi) is 5.84. The van der Waals surface area contributed by atoms with Crippen LogP contribution in [0.1, 0.15) is 54.1 Å². The van der Waals surface area contributed by atoms with Gasteiger partial charge in [0.1, 0.15) is 0 Å². The van der Waals surface area contributed by atoms with Crippen molar-refractivity contribution in [2.45, 2.75) is 50.7 Å². The van der Waals surface area contributed by atoms with Crippen molar-refractivity contribution in [2.24, 2.45) is 0 Å². The van der Waals surface area contributed by atoms with Crippen LogP contribution >= 0.6 is 0 Å². The molecule has 1 saturated heterocycles. The van der Waals surface area contributed by atoms with E-state index in [1.54, 1.807) is 11.1 Å². The van der Waals surface area contributed by atoms with Crippen molar-refractivity contribution in [1.29, 1.82) is 0 Å². The maximum absolute atomic E-state index is 13.6. The second-order valence-corrected chi connectivity index (χ2v) is 9.26. The number of fused-ring (bicyclic) bond motifs is 1. The van der Waals surface area contributed by atoms with E-state index in [1.165, 1.54) is 5.56 Å². The minimum Gasteiger partial charge on any atom is -0.348 e. The number of aromatic nitrogens is 1. The number of likely N-dealkylation sites (tertiary alicyclic amines) is 1. The lowest BCUT2D eigenvalue weighted by molar-refractivity contribution is -0.136. The highest BCUT2D eigenvalue weighted by molar-refractivity contribution is 6.02. The summed E-state index contributed by atoms with van der Waals surface area (Å²) in [5, 5.41) is 0. The summed E-state index contributed by atoms with van der Waals surface area (Å²) in [6.07, 6.45) is 5.24. The molecule has 2 amide bonds. The highest BCUT2D eigenvalue weighted by atomic mass is 16.2. The Hall–Kier alpha value is -2.73. The van der Waals surface area contributed by atoms with E-state index in [9.17, 15) is 9.59 Å². The van der Waals surface area contributed by atoms with Crippen molar-refractivity contribution in [3.63, 3.8) is 0 Å². The minimum atomic E-state index is -0.508. The molecule has 1 aromatic carbocycles. The zero-order chi connectivity index (χ0) is 22.2. The van der Waals surface area contributed by atoms with Gasteiger partial charge in [0.25, 0.3) is 5.91 Å². The number of benzene rings is 1. The zero-order valence-corrected chi connectivity index (χ0v) is 18.9. The van der Waals surface area contributed by atoms with E-state index in [2.05, 4.69) is 29.8 Å². The largest absolute Gasteiger partial charge is 0.348 e. The highest BCUT2D eigenvalue weighted by Gasteiger charge is 2.56. The number of carbonyl (C=O) groups excluding carboxylic acids is 2. The van der Waals surface area contributed by atoms with Crippen LogP contribution in [0.3, 0.4) is 0 Å². The summed E-state index contributed by atoms with van der Waals surface area (Å²) in [5.74, 6) is -0.222. The normalized spacial score (nSPS) is 20.7. The predicted molar refractivity (Wildman–Crippen MR) is 121 cm³/mol. The first-order valence-corrected chi connectivity index (χ1v) is 11.1. The van der Waals surface area contributed by atoms with E-state index in [4.69, 9.17) is 0 Å². The Balaban J connectivity index is 1.72. The third-order valence-electron chi connectivity index (χ3n) is 6.79. The third-order valence-corrected chi connectivity index (χ3v) is 6.79. The average Bonchev–Trinajstić information content (AvgIpc) is 2.76. The van der Waals surface area contributed by atoms with Gasteiger partial charge in [-0.1, -0.05) is 24.3 Å². The Labute approximate surface area is 184 Å². The second-order valence-electron chi connectivity index (χ2n) is 9.26. The molecule has 6 heteroatoms. The number of nitrogens with zero attached hydrogens (tertiary/aromatic N) is 4. The van der Waals surface area contributed by atoms with Crippen LogP contribution in [-0.4, -0.2) is 70.3 Å². The van der Waals surface area contributed by atoms with Gasteiger partial charge in [0, 0.05) is 57.7 Å². The van der Waals surface area contributed by atoms with Gasteiger partial charge in [0.2, 0.25) is 5.91 Å². The van der Waals surface area contributed by atoms with E-state index in [0.29, 0.717) is 5.56 Å². The number of rotatable bonds is 4. The van der Waals surface area contributed by atoms with E-state index < -0.39 is 5.54 Å². The first kappa shape index (κ1) is 21.5. The molecular formula is C25H32N4O2. The molecule has 1 unspecified atom stereocenters. The Morgan fingerprint density at radius 3 is 2.48 bits per heavy atom. The molecule has 1 atom stereocenters. The van der Waals surface area contributed by atoms with Gasteiger partial charge in [-0.25, -0.2) is 0 Å². The van der Waals surface area contributed by atoms with Crippen LogP contribution in [0.25, 0.3) is 0 Å². The average molecular weight is 421 g/mol. The van der Waals surface area contributed by atoms with Crippen LogP contribution in [0.15, 0.2) is 48.8 Å². The number of hydrogen-bond donors (Lipinski definition) is 0. The topological polar surface area (TPSA) is 56.8 Å². The fourth-order valence-electron chi connectivity index (χ4n) is 5.45. The standard InChI is InChI=1S/C25H32N4O2/c1-18(2)29-23(30)21-10-6-5-9-20(21)22(24(31)27(3)4)25(29)11-14-28(15-12-25)17-19-8-7-13-26-16-19/h5-10,13,16,18,22H,11-12,14-15,17H2,1-4H3. The molecule has 164 valence electrons. The Bertz CT molecular complexity index is 949. The van der Waals surface area contributed by atoms with Crippen molar-refractivity contribution < 1.29 is 9.59 Å². The van der Waals surface area contributed by atoms with Crippen LogP contribution in [0, 0.1) is 0 Å². The van der Waals surface area contributed by atoms with Crippen molar-refractivity contribution in [1.82, 2.24) is 19.7 Å². The van der Waals surface area contributed by atoms with Gasteiger partial charge in [0.05, 0.1) is 11.5 Å². The number of hydrogen-bond acceptors (Lipinski definition) is 4. The Morgan fingerprint density at radius 1 is 1.16 bits per heavy atom. The van der Waals surface area contributed by atoms with E-state index in [-0.39, 0.29) is 23.8 Å². The van der Waals surface area contributed by atoms with Gasteiger partial charge in [-0.15, -0.1) is 0 Å². The fourth-order valence-corrected chi connectivity index (χ4v) is 5.45. The molecule has 0 saturated carbocycles. The maximum Gasteiger partial charge on any atom is 0.254 e. The molecule has 31 heavy (non-hydrogen) atoms. The van der Waals surface area contributed by atoms with E-state index in [1.807, 2.05) is 55.5 Å². The molecular weight excluding hydrogens is 388 g/mol. The highest BCUT2D eigenvalue weighted by Crippen LogP contribution is 2.48. The zero-order valence-electron chi connectivity index (χ0n) is 18.9. The molecule has 1 spiro atoms. The summed E-state index contributed by atoms with van der Waals surface area (Å²) >= 11 is 0. The molecule has 2 aromatic rings. The molecule has 1 fully saturated rings. The predicted octanol–water partition coefficient (Wildman–Crippen LogP) is 3.15.